The number of aliphatic hydroxyl groups is 5. The van der Waals surface area contributed by atoms with Crippen LogP contribution in [0.4, 0.5) is 0 Å². The maximum absolute atomic E-state index is 12.5. The van der Waals surface area contributed by atoms with Gasteiger partial charge in [0.1, 0.15) is 23.9 Å². The quantitative estimate of drug-likeness (QED) is 0.160. The summed E-state index contributed by atoms with van der Waals surface area (Å²) in [5.41, 5.74) is -1.39. The maximum atomic E-state index is 12.5. The van der Waals surface area contributed by atoms with Crippen molar-refractivity contribution in [1.82, 2.24) is 0 Å². The van der Waals surface area contributed by atoms with E-state index in [9.17, 15) is 35.1 Å². The van der Waals surface area contributed by atoms with Crippen molar-refractivity contribution in [2.45, 2.75) is 122 Å². The summed E-state index contributed by atoms with van der Waals surface area (Å²) in [6.45, 7) is 8.44. The van der Waals surface area contributed by atoms with E-state index in [4.69, 9.17) is 19.3 Å². The van der Waals surface area contributed by atoms with Gasteiger partial charge >= 0.3 is 11.9 Å². The summed E-state index contributed by atoms with van der Waals surface area (Å²) in [5, 5.41) is 59.4. The number of carbonyl (C=O) groups is 2. The summed E-state index contributed by atoms with van der Waals surface area (Å²) in [6.07, 6.45) is -7.08. The standard InChI is InChI=1S/C24H44O11/c1-6-13(3)17(8-15(26)10-19(28)29)33-20(30)11-16(27)9-18(14(4)7-2)34-23-21(31)22(32)24(5,12-25)35-23/h13-18,21-23,25-27,31-32H,6-12H2,1-5H3,(H,28,29)/t13-,14-,15-,16-,17-,18-,21+,22+,23+,24?/m0/s1. The fraction of sp³-hybridized carbons (Fsp3) is 0.917. The van der Waals surface area contributed by atoms with E-state index in [-0.39, 0.29) is 31.1 Å². The van der Waals surface area contributed by atoms with Crippen molar-refractivity contribution in [1.29, 1.82) is 0 Å². The highest BCUT2D eigenvalue weighted by atomic mass is 16.7. The Morgan fingerprint density at radius 3 is 1.97 bits per heavy atom. The molecule has 0 radical (unpaired) electrons. The third kappa shape index (κ3) is 9.56. The van der Waals surface area contributed by atoms with Gasteiger partial charge in [-0.05, 0) is 18.8 Å². The van der Waals surface area contributed by atoms with Gasteiger partial charge in [0.05, 0.1) is 37.8 Å². The SMILES string of the molecule is CC[C@H](C)[C@H](C[C@H](O)CC(=O)O)OC(=O)C[C@@H](O)C[C@H](O[C@@H]1OC(C)(CO)[C@H](O)[C@H]1O)[C@@H](C)CC. The summed E-state index contributed by atoms with van der Waals surface area (Å²) in [5.74, 6) is -2.05. The molecule has 1 heterocycles. The van der Waals surface area contributed by atoms with Gasteiger partial charge in [0.25, 0.3) is 0 Å². The summed E-state index contributed by atoms with van der Waals surface area (Å²) in [7, 11) is 0. The molecule has 0 bridgehead atoms. The van der Waals surface area contributed by atoms with Crippen molar-refractivity contribution in [3.63, 3.8) is 0 Å². The molecule has 11 nitrogen and oxygen atoms in total. The summed E-state index contributed by atoms with van der Waals surface area (Å²) < 4.78 is 16.9. The number of hydrogen-bond acceptors (Lipinski definition) is 10. The largest absolute Gasteiger partial charge is 0.481 e. The molecule has 0 amide bonds. The van der Waals surface area contributed by atoms with Gasteiger partial charge in [-0.2, -0.15) is 0 Å². The molecule has 0 saturated carbocycles. The van der Waals surface area contributed by atoms with Crippen LogP contribution in [-0.4, -0.2) is 97.7 Å². The smallest absolute Gasteiger partial charge is 0.308 e. The molecule has 0 spiro atoms. The van der Waals surface area contributed by atoms with E-state index >= 15 is 0 Å². The lowest BCUT2D eigenvalue weighted by atomic mass is 9.94. The van der Waals surface area contributed by atoms with Crippen LogP contribution in [0.15, 0.2) is 0 Å². The minimum atomic E-state index is -1.39. The van der Waals surface area contributed by atoms with Crippen LogP contribution in [-0.2, 0) is 23.8 Å². The summed E-state index contributed by atoms with van der Waals surface area (Å²) >= 11 is 0. The molecule has 0 aromatic rings. The van der Waals surface area contributed by atoms with E-state index in [1.807, 2.05) is 27.7 Å². The van der Waals surface area contributed by atoms with Gasteiger partial charge in [0, 0.05) is 12.8 Å². The van der Waals surface area contributed by atoms with E-state index in [2.05, 4.69) is 0 Å². The second kappa shape index (κ2) is 14.4. The minimum absolute atomic E-state index is 0.0232. The fourth-order valence-corrected chi connectivity index (χ4v) is 3.98. The second-order valence-electron chi connectivity index (χ2n) is 9.95. The second-order valence-corrected chi connectivity index (χ2v) is 9.95. The minimum Gasteiger partial charge on any atom is -0.481 e. The summed E-state index contributed by atoms with van der Waals surface area (Å²) in [6, 6.07) is 0. The molecule has 1 fully saturated rings. The van der Waals surface area contributed by atoms with Gasteiger partial charge in [0.15, 0.2) is 6.29 Å². The molecule has 1 saturated heterocycles. The predicted octanol–water partition coefficient (Wildman–Crippen LogP) is 0.572. The zero-order valence-electron chi connectivity index (χ0n) is 21.4. The number of carboxylic acids is 1. The van der Waals surface area contributed by atoms with E-state index in [0.29, 0.717) is 12.8 Å². The lowest BCUT2D eigenvalue weighted by Crippen LogP contribution is -2.43. The molecule has 0 aromatic carbocycles. The van der Waals surface area contributed by atoms with E-state index in [1.54, 1.807) is 0 Å². The van der Waals surface area contributed by atoms with Gasteiger partial charge in [-0.25, -0.2) is 0 Å². The van der Waals surface area contributed by atoms with Gasteiger partial charge in [-0.15, -0.1) is 0 Å². The molecule has 11 heteroatoms. The Morgan fingerprint density at radius 2 is 1.49 bits per heavy atom. The van der Waals surface area contributed by atoms with Crippen molar-refractivity contribution in [2.75, 3.05) is 6.61 Å². The molecule has 1 aliphatic rings. The molecule has 1 rings (SSSR count). The van der Waals surface area contributed by atoms with Crippen LogP contribution >= 0.6 is 0 Å². The van der Waals surface area contributed by atoms with Gasteiger partial charge < -0.3 is 44.8 Å². The molecular formula is C24H44O11. The van der Waals surface area contributed by atoms with E-state index in [0.717, 1.165) is 0 Å². The van der Waals surface area contributed by atoms with Crippen molar-refractivity contribution >= 4 is 11.9 Å². The number of carbonyl (C=O) groups excluding carboxylic acids is 1. The summed E-state index contributed by atoms with van der Waals surface area (Å²) in [4.78, 5) is 23.4. The number of aliphatic hydroxyl groups excluding tert-OH is 5. The molecule has 1 aliphatic heterocycles. The van der Waals surface area contributed by atoms with E-state index < -0.39 is 73.5 Å². The number of ether oxygens (including phenoxy) is 3. The third-order valence-corrected chi connectivity index (χ3v) is 6.90. The van der Waals surface area contributed by atoms with Crippen LogP contribution < -0.4 is 0 Å². The lowest BCUT2D eigenvalue weighted by Gasteiger charge is -2.30. The molecule has 206 valence electrons. The topological polar surface area (TPSA) is 183 Å². The van der Waals surface area contributed by atoms with Gasteiger partial charge in [-0.3, -0.25) is 9.59 Å². The predicted molar refractivity (Wildman–Crippen MR) is 124 cm³/mol. The molecule has 0 aromatic heterocycles. The first-order valence-electron chi connectivity index (χ1n) is 12.3. The average molecular weight is 509 g/mol. The number of carboxylic acid groups (broad SMARTS) is 1. The number of rotatable bonds is 16. The van der Waals surface area contributed by atoms with Crippen LogP contribution in [0.25, 0.3) is 0 Å². The Morgan fingerprint density at radius 1 is 0.971 bits per heavy atom. The fourth-order valence-electron chi connectivity index (χ4n) is 3.98. The monoisotopic (exact) mass is 508 g/mol. The van der Waals surface area contributed by atoms with Crippen molar-refractivity contribution in [3.05, 3.63) is 0 Å². The van der Waals surface area contributed by atoms with Crippen LogP contribution in [0.3, 0.4) is 0 Å². The highest BCUT2D eigenvalue weighted by Gasteiger charge is 2.52. The van der Waals surface area contributed by atoms with Crippen LogP contribution in [0, 0.1) is 11.8 Å². The Hall–Kier alpha value is -1.34. The maximum Gasteiger partial charge on any atom is 0.308 e. The first-order valence-corrected chi connectivity index (χ1v) is 12.3. The normalized spacial score (nSPS) is 29.7. The van der Waals surface area contributed by atoms with Gasteiger partial charge in [0.2, 0.25) is 0 Å². The molecule has 1 unspecified atom stereocenters. The van der Waals surface area contributed by atoms with Gasteiger partial charge in [-0.1, -0.05) is 40.5 Å². The van der Waals surface area contributed by atoms with Crippen molar-refractivity contribution < 1.29 is 54.4 Å². The average Bonchev–Trinajstić information content (AvgIpc) is 3.00. The first-order chi connectivity index (χ1) is 16.3. The zero-order chi connectivity index (χ0) is 26.9. The first kappa shape index (κ1) is 31.7. The Kier molecular flexibility index (Phi) is 13.0. The Bertz CT molecular complexity index is 659. The van der Waals surface area contributed by atoms with Crippen molar-refractivity contribution in [3.8, 4) is 0 Å². The Balaban J connectivity index is 2.76. The zero-order valence-corrected chi connectivity index (χ0v) is 21.4. The van der Waals surface area contributed by atoms with Crippen LogP contribution in [0.5, 0.6) is 0 Å². The molecule has 10 atom stereocenters. The van der Waals surface area contributed by atoms with Crippen LogP contribution in [0.2, 0.25) is 0 Å². The Labute approximate surface area is 207 Å². The number of aliphatic carboxylic acids is 1. The number of esters is 1. The molecule has 0 aliphatic carbocycles. The lowest BCUT2D eigenvalue weighted by molar-refractivity contribution is -0.225. The molecule has 6 N–H and O–H groups in total. The molecule has 35 heavy (non-hydrogen) atoms. The van der Waals surface area contributed by atoms with Crippen LogP contribution in [0.1, 0.15) is 73.1 Å². The highest BCUT2D eigenvalue weighted by molar-refractivity contribution is 5.70. The van der Waals surface area contributed by atoms with Crippen molar-refractivity contribution in [2.24, 2.45) is 11.8 Å². The van der Waals surface area contributed by atoms with E-state index in [1.165, 1.54) is 6.92 Å². The third-order valence-electron chi connectivity index (χ3n) is 6.90. The highest BCUT2D eigenvalue weighted by Crippen LogP contribution is 2.33. The number of hydrogen-bond donors (Lipinski definition) is 6. The molecular weight excluding hydrogens is 464 g/mol.